The molecule has 1 fully saturated rings. The van der Waals surface area contributed by atoms with Crippen LogP contribution >= 0.6 is 11.6 Å². The topological polar surface area (TPSA) is 50.9 Å². The van der Waals surface area contributed by atoms with Crippen LogP contribution < -0.4 is 11.3 Å². The number of nitrogens with two attached hydrogens (primary N) is 1. The summed E-state index contributed by atoms with van der Waals surface area (Å²) in [6, 6.07) is 4.10. The lowest BCUT2D eigenvalue weighted by atomic mass is 9.81. The molecule has 1 atom stereocenters. The SMILES string of the molecule is NNC(c1ccnc(Cl)c1)C1CCCCC1. The smallest absolute Gasteiger partial charge is 0.129 e. The van der Waals surface area contributed by atoms with Crippen molar-refractivity contribution in [1.29, 1.82) is 0 Å². The van der Waals surface area contributed by atoms with Crippen molar-refractivity contribution in [2.45, 2.75) is 38.1 Å². The van der Waals surface area contributed by atoms with Gasteiger partial charge in [0.2, 0.25) is 0 Å². The van der Waals surface area contributed by atoms with E-state index in [1.54, 1.807) is 6.20 Å². The standard InChI is InChI=1S/C12H18ClN3/c13-11-8-10(6-7-15-11)12(16-14)9-4-2-1-3-5-9/h6-9,12,16H,1-5,14H2. The Labute approximate surface area is 101 Å². The predicted molar refractivity (Wildman–Crippen MR) is 65.9 cm³/mol. The van der Waals surface area contributed by atoms with Gasteiger partial charge in [0, 0.05) is 12.2 Å². The highest BCUT2D eigenvalue weighted by atomic mass is 35.5. The molecule has 0 bridgehead atoms. The monoisotopic (exact) mass is 239 g/mol. The van der Waals surface area contributed by atoms with Gasteiger partial charge in [-0.3, -0.25) is 11.3 Å². The molecule has 0 amide bonds. The summed E-state index contributed by atoms with van der Waals surface area (Å²) < 4.78 is 0. The highest BCUT2D eigenvalue weighted by molar-refractivity contribution is 6.29. The normalized spacial score (nSPS) is 19.6. The number of hydrogen-bond donors (Lipinski definition) is 2. The third kappa shape index (κ3) is 2.73. The third-order valence-electron chi connectivity index (χ3n) is 3.41. The van der Waals surface area contributed by atoms with Crippen molar-refractivity contribution in [1.82, 2.24) is 10.4 Å². The Hall–Kier alpha value is -0.640. The van der Waals surface area contributed by atoms with Crippen LogP contribution in [-0.4, -0.2) is 4.98 Å². The highest BCUT2D eigenvalue weighted by Crippen LogP contribution is 2.34. The Morgan fingerprint density at radius 2 is 2.12 bits per heavy atom. The second-order valence-corrected chi connectivity index (χ2v) is 4.84. The van der Waals surface area contributed by atoms with Gasteiger partial charge in [-0.1, -0.05) is 30.9 Å². The molecule has 4 heteroatoms. The van der Waals surface area contributed by atoms with Gasteiger partial charge >= 0.3 is 0 Å². The first kappa shape index (κ1) is 11.8. The van der Waals surface area contributed by atoms with Crippen LogP contribution in [0.4, 0.5) is 0 Å². The zero-order valence-electron chi connectivity index (χ0n) is 9.32. The van der Waals surface area contributed by atoms with E-state index in [-0.39, 0.29) is 6.04 Å². The van der Waals surface area contributed by atoms with E-state index in [0.717, 1.165) is 5.56 Å². The van der Waals surface area contributed by atoms with Gasteiger partial charge in [-0.2, -0.15) is 0 Å². The zero-order chi connectivity index (χ0) is 11.4. The van der Waals surface area contributed by atoms with Gasteiger partial charge in [0.1, 0.15) is 5.15 Å². The maximum atomic E-state index is 5.91. The molecule has 1 heterocycles. The first-order valence-electron chi connectivity index (χ1n) is 5.89. The molecule has 1 aromatic rings. The van der Waals surface area contributed by atoms with Crippen LogP contribution in [0.5, 0.6) is 0 Å². The van der Waals surface area contributed by atoms with E-state index in [0.29, 0.717) is 11.1 Å². The van der Waals surface area contributed by atoms with Crippen molar-refractivity contribution in [2.24, 2.45) is 11.8 Å². The van der Waals surface area contributed by atoms with Crippen molar-refractivity contribution in [3.05, 3.63) is 29.0 Å². The molecule has 1 aliphatic carbocycles. The minimum atomic E-state index is 0.209. The van der Waals surface area contributed by atoms with E-state index in [4.69, 9.17) is 17.4 Å². The molecule has 16 heavy (non-hydrogen) atoms. The molecule has 1 unspecified atom stereocenters. The van der Waals surface area contributed by atoms with Crippen LogP contribution in [-0.2, 0) is 0 Å². The minimum Gasteiger partial charge on any atom is -0.271 e. The number of rotatable bonds is 3. The van der Waals surface area contributed by atoms with Gasteiger partial charge in [-0.05, 0) is 36.5 Å². The molecule has 2 rings (SSSR count). The van der Waals surface area contributed by atoms with Crippen LogP contribution in [0, 0.1) is 5.92 Å². The Balaban J connectivity index is 2.14. The van der Waals surface area contributed by atoms with Gasteiger partial charge in [-0.15, -0.1) is 0 Å². The molecule has 3 nitrogen and oxygen atoms in total. The number of nitrogens with one attached hydrogen (secondary N) is 1. The lowest BCUT2D eigenvalue weighted by Gasteiger charge is -2.30. The molecule has 88 valence electrons. The first-order chi connectivity index (χ1) is 7.81. The number of hydrogen-bond acceptors (Lipinski definition) is 3. The molecule has 1 saturated carbocycles. The summed E-state index contributed by atoms with van der Waals surface area (Å²) in [5, 5.41) is 0.536. The Bertz CT molecular complexity index is 337. The quantitative estimate of drug-likeness (QED) is 0.485. The second-order valence-electron chi connectivity index (χ2n) is 4.45. The van der Waals surface area contributed by atoms with Crippen molar-refractivity contribution in [2.75, 3.05) is 0 Å². The van der Waals surface area contributed by atoms with E-state index in [9.17, 15) is 0 Å². The van der Waals surface area contributed by atoms with Crippen LogP contribution in [0.1, 0.15) is 43.7 Å². The maximum absolute atomic E-state index is 5.91. The Morgan fingerprint density at radius 3 is 2.75 bits per heavy atom. The Kier molecular flexibility index (Phi) is 4.16. The van der Waals surface area contributed by atoms with Gasteiger partial charge in [0.05, 0.1) is 0 Å². The maximum Gasteiger partial charge on any atom is 0.129 e. The molecule has 0 radical (unpaired) electrons. The van der Waals surface area contributed by atoms with Crippen molar-refractivity contribution in [3.8, 4) is 0 Å². The molecular formula is C12H18ClN3. The van der Waals surface area contributed by atoms with Crippen molar-refractivity contribution >= 4 is 11.6 Å². The summed E-state index contributed by atoms with van der Waals surface area (Å²) in [5.74, 6) is 6.29. The van der Waals surface area contributed by atoms with Crippen molar-refractivity contribution < 1.29 is 0 Å². The fourth-order valence-electron chi connectivity index (χ4n) is 2.58. The fourth-order valence-corrected chi connectivity index (χ4v) is 2.77. The van der Waals surface area contributed by atoms with Gasteiger partial charge < -0.3 is 0 Å². The Morgan fingerprint density at radius 1 is 1.38 bits per heavy atom. The summed E-state index contributed by atoms with van der Waals surface area (Å²) >= 11 is 5.91. The van der Waals surface area contributed by atoms with Crippen LogP contribution in [0.3, 0.4) is 0 Å². The third-order valence-corrected chi connectivity index (χ3v) is 3.62. The molecule has 1 aliphatic rings. The van der Waals surface area contributed by atoms with Gasteiger partial charge in [-0.25, -0.2) is 4.98 Å². The van der Waals surface area contributed by atoms with E-state index in [2.05, 4.69) is 10.4 Å². The van der Waals surface area contributed by atoms with Crippen LogP contribution in [0.15, 0.2) is 18.3 Å². The average molecular weight is 240 g/mol. The molecule has 3 N–H and O–H groups in total. The molecule has 0 spiro atoms. The summed E-state index contributed by atoms with van der Waals surface area (Å²) in [4.78, 5) is 4.00. The number of halogens is 1. The molecule has 0 aliphatic heterocycles. The average Bonchev–Trinajstić information content (AvgIpc) is 2.31. The van der Waals surface area contributed by atoms with E-state index in [1.807, 2.05) is 12.1 Å². The number of pyridine rings is 1. The second kappa shape index (κ2) is 5.62. The number of hydrazine groups is 1. The van der Waals surface area contributed by atoms with Gasteiger partial charge in [0.25, 0.3) is 0 Å². The van der Waals surface area contributed by atoms with E-state index in [1.165, 1.54) is 32.1 Å². The minimum absolute atomic E-state index is 0.209. The summed E-state index contributed by atoms with van der Waals surface area (Å²) in [6.45, 7) is 0. The number of aromatic nitrogens is 1. The summed E-state index contributed by atoms with van der Waals surface area (Å²) in [7, 11) is 0. The zero-order valence-corrected chi connectivity index (χ0v) is 10.1. The summed E-state index contributed by atoms with van der Waals surface area (Å²) in [5.41, 5.74) is 4.08. The van der Waals surface area contributed by atoms with Crippen LogP contribution in [0.25, 0.3) is 0 Å². The highest BCUT2D eigenvalue weighted by Gasteiger charge is 2.24. The van der Waals surface area contributed by atoms with Gasteiger partial charge in [0.15, 0.2) is 0 Å². The number of nitrogens with zero attached hydrogens (tertiary/aromatic N) is 1. The first-order valence-corrected chi connectivity index (χ1v) is 6.26. The van der Waals surface area contributed by atoms with Crippen LogP contribution in [0.2, 0.25) is 5.15 Å². The molecule has 1 aromatic heterocycles. The summed E-state index contributed by atoms with van der Waals surface area (Å²) in [6.07, 6.45) is 8.20. The lowest BCUT2D eigenvalue weighted by Crippen LogP contribution is -2.34. The largest absolute Gasteiger partial charge is 0.271 e. The van der Waals surface area contributed by atoms with E-state index >= 15 is 0 Å². The fraction of sp³-hybridized carbons (Fsp3) is 0.583. The lowest BCUT2D eigenvalue weighted by molar-refractivity contribution is 0.273. The molecule has 0 saturated heterocycles. The molecule has 0 aromatic carbocycles. The van der Waals surface area contributed by atoms with E-state index < -0.39 is 0 Å². The van der Waals surface area contributed by atoms with Crippen molar-refractivity contribution in [3.63, 3.8) is 0 Å². The molecular weight excluding hydrogens is 222 g/mol. The predicted octanol–water partition coefficient (Wildman–Crippen LogP) is 2.82.